The second-order valence-corrected chi connectivity index (χ2v) is 7.52. The number of nitrogens with zero attached hydrogens (tertiary/aromatic N) is 3. The number of ether oxygens (including phenoxy) is 3. The molecule has 0 unspecified atom stereocenters. The highest BCUT2D eigenvalue weighted by Crippen LogP contribution is 2.35. The summed E-state index contributed by atoms with van der Waals surface area (Å²) in [6.07, 6.45) is 0. The molecule has 8 nitrogen and oxygen atoms in total. The van der Waals surface area contributed by atoms with Crippen molar-refractivity contribution in [2.75, 3.05) is 65.5 Å². The van der Waals surface area contributed by atoms with Crippen LogP contribution in [0.3, 0.4) is 0 Å². The van der Waals surface area contributed by atoms with Crippen LogP contribution in [0.25, 0.3) is 0 Å². The van der Waals surface area contributed by atoms with E-state index in [1.54, 1.807) is 19.2 Å². The van der Waals surface area contributed by atoms with Crippen molar-refractivity contribution in [1.29, 1.82) is 0 Å². The Morgan fingerprint density at radius 1 is 0.742 bits per heavy atom. The zero-order chi connectivity index (χ0) is 22.0. The minimum atomic E-state index is -0.284. The molecule has 0 aliphatic carbocycles. The summed E-state index contributed by atoms with van der Waals surface area (Å²) in [6.45, 7) is 4.41. The van der Waals surface area contributed by atoms with Gasteiger partial charge in [0.15, 0.2) is 11.5 Å². The van der Waals surface area contributed by atoms with Gasteiger partial charge in [-0.1, -0.05) is 12.1 Å². The molecule has 0 N–H and O–H groups in total. The molecule has 2 heterocycles. The fraction of sp³-hybridized carbons (Fsp3) is 0.391. The molecule has 1 fully saturated rings. The summed E-state index contributed by atoms with van der Waals surface area (Å²) in [5, 5.41) is 0. The molecule has 1 saturated heterocycles. The summed E-state index contributed by atoms with van der Waals surface area (Å²) < 4.78 is 16.0. The smallest absolute Gasteiger partial charge is 0.261 e. The average Bonchev–Trinajstić information content (AvgIpc) is 3.05. The minimum Gasteiger partial charge on any atom is -0.495 e. The van der Waals surface area contributed by atoms with Crippen LogP contribution in [0.4, 0.5) is 5.69 Å². The fourth-order valence-corrected chi connectivity index (χ4v) is 4.16. The standard InChI is InChI=1S/C23H27N3O5/c1-29-19-7-5-4-6-18(19)25-11-8-24(9-12-25)10-13-26-22(27)16-14-20(30-2)21(31-3)15-17(16)23(26)28/h4-7,14-15H,8-13H2,1-3H3. The molecule has 2 amide bonds. The van der Waals surface area contributed by atoms with Crippen LogP contribution in [-0.2, 0) is 0 Å². The van der Waals surface area contributed by atoms with Crippen LogP contribution in [0.15, 0.2) is 36.4 Å². The van der Waals surface area contributed by atoms with E-state index in [9.17, 15) is 9.59 Å². The summed E-state index contributed by atoms with van der Waals surface area (Å²) >= 11 is 0. The highest BCUT2D eigenvalue weighted by molar-refractivity contribution is 6.21. The van der Waals surface area contributed by atoms with Crippen LogP contribution in [0.2, 0.25) is 0 Å². The Kier molecular flexibility index (Phi) is 5.99. The number of hydrogen-bond acceptors (Lipinski definition) is 7. The van der Waals surface area contributed by atoms with Crippen LogP contribution in [-0.4, -0.2) is 82.2 Å². The largest absolute Gasteiger partial charge is 0.495 e. The number of benzene rings is 2. The molecule has 4 rings (SSSR count). The highest BCUT2D eigenvalue weighted by atomic mass is 16.5. The monoisotopic (exact) mass is 425 g/mol. The van der Waals surface area contributed by atoms with Gasteiger partial charge in [0.25, 0.3) is 11.8 Å². The minimum absolute atomic E-state index is 0.284. The van der Waals surface area contributed by atoms with E-state index < -0.39 is 0 Å². The van der Waals surface area contributed by atoms with E-state index in [0.29, 0.717) is 35.7 Å². The average molecular weight is 425 g/mol. The molecule has 2 aliphatic heterocycles. The van der Waals surface area contributed by atoms with Gasteiger partial charge in [-0.25, -0.2) is 0 Å². The number of carbonyl (C=O) groups excluding carboxylic acids is 2. The van der Waals surface area contributed by atoms with E-state index in [4.69, 9.17) is 14.2 Å². The number of piperazine rings is 1. The zero-order valence-electron chi connectivity index (χ0n) is 18.1. The molecule has 0 atom stereocenters. The topological polar surface area (TPSA) is 71.6 Å². The Hall–Kier alpha value is -3.26. The summed E-state index contributed by atoms with van der Waals surface area (Å²) in [4.78, 5) is 31.5. The van der Waals surface area contributed by atoms with Crippen molar-refractivity contribution in [2.24, 2.45) is 0 Å². The Labute approximate surface area is 181 Å². The Bertz CT molecular complexity index is 942. The number of fused-ring (bicyclic) bond motifs is 1. The van der Waals surface area contributed by atoms with E-state index in [0.717, 1.165) is 37.6 Å². The predicted molar refractivity (Wildman–Crippen MR) is 117 cm³/mol. The normalized spacial score (nSPS) is 16.5. The number of hydrogen-bond donors (Lipinski definition) is 0. The molecule has 0 aromatic heterocycles. The Morgan fingerprint density at radius 2 is 1.29 bits per heavy atom. The number of carbonyl (C=O) groups is 2. The molecule has 2 aromatic rings. The van der Waals surface area contributed by atoms with Crippen LogP contribution in [0.1, 0.15) is 20.7 Å². The van der Waals surface area contributed by atoms with Crippen LogP contribution >= 0.6 is 0 Å². The van der Waals surface area contributed by atoms with Gasteiger partial charge in [0, 0.05) is 39.3 Å². The molecule has 2 aromatic carbocycles. The maximum Gasteiger partial charge on any atom is 0.261 e. The second kappa shape index (κ2) is 8.85. The maximum atomic E-state index is 12.8. The SMILES string of the molecule is COc1cc2c(cc1OC)C(=O)N(CCN1CCN(c3ccccc3OC)CC1)C2=O. The number of methoxy groups -OCH3 is 3. The van der Waals surface area contributed by atoms with Crippen molar-refractivity contribution in [2.45, 2.75) is 0 Å². The fourth-order valence-electron chi connectivity index (χ4n) is 4.16. The summed E-state index contributed by atoms with van der Waals surface area (Å²) in [6, 6.07) is 11.2. The van der Waals surface area contributed by atoms with Crippen molar-refractivity contribution in [3.8, 4) is 17.2 Å². The van der Waals surface area contributed by atoms with Crippen molar-refractivity contribution >= 4 is 17.5 Å². The van der Waals surface area contributed by atoms with Gasteiger partial charge in [-0.05, 0) is 24.3 Å². The van der Waals surface area contributed by atoms with Gasteiger partial charge in [0.1, 0.15) is 5.75 Å². The third-order valence-corrected chi connectivity index (χ3v) is 5.91. The molecule has 0 saturated carbocycles. The molecule has 2 aliphatic rings. The lowest BCUT2D eigenvalue weighted by molar-refractivity contribution is 0.0634. The zero-order valence-corrected chi connectivity index (χ0v) is 18.1. The van der Waals surface area contributed by atoms with Crippen LogP contribution < -0.4 is 19.1 Å². The molecular formula is C23H27N3O5. The lowest BCUT2D eigenvalue weighted by Crippen LogP contribution is -2.49. The van der Waals surface area contributed by atoms with Gasteiger partial charge in [0.2, 0.25) is 0 Å². The lowest BCUT2D eigenvalue weighted by Gasteiger charge is -2.37. The highest BCUT2D eigenvalue weighted by Gasteiger charge is 2.37. The molecule has 0 radical (unpaired) electrons. The maximum absolute atomic E-state index is 12.8. The summed E-state index contributed by atoms with van der Waals surface area (Å²) in [5.74, 6) is 1.18. The number of para-hydroxylation sites is 2. The van der Waals surface area contributed by atoms with Crippen molar-refractivity contribution < 1.29 is 23.8 Å². The van der Waals surface area contributed by atoms with Gasteiger partial charge in [-0.2, -0.15) is 0 Å². The molecule has 0 bridgehead atoms. The summed E-state index contributed by atoms with van der Waals surface area (Å²) in [7, 11) is 4.70. The van der Waals surface area contributed by atoms with Gasteiger partial charge in [-0.15, -0.1) is 0 Å². The van der Waals surface area contributed by atoms with Gasteiger partial charge >= 0.3 is 0 Å². The van der Waals surface area contributed by atoms with Gasteiger partial charge < -0.3 is 19.1 Å². The van der Waals surface area contributed by atoms with E-state index >= 15 is 0 Å². The van der Waals surface area contributed by atoms with E-state index in [1.807, 2.05) is 18.2 Å². The molecule has 8 heteroatoms. The van der Waals surface area contributed by atoms with E-state index in [-0.39, 0.29) is 11.8 Å². The summed E-state index contributed by atoms with van der Waals surface area (Å²) in [5.41, 5.74) is 1.82. The van der Waals surface area contributed by atoms with Crippen molar-refractivity contribution in [3.05, 3.63) is 47.5 Å². The number of imide groups is 1. The molecule has 31 heavy (non-hydrogen) atoms. The molecular weight excluding hydrogens is 398 g/mol. The van der Waals surface area contributed by atoms with Crippen molar-refractivity contribution in [3.63, 3.8) is 0 Å². The molecule has 164 valence electrons. The third-order valence-electron chi connectivity index (χ3n) is 5.91. The molecule has 0 spiro atoms. The van der Waals surface area contributed by atoms with E-state index in [2.05, 4.69) is 15.9 Å². The number of rotatable bonds is 7. The van der Waals surface area contributed by atoms with Crippen LogP contribution in [0, 0.1) is 0 Å². The quantitative estimate of drug-likeness (QED) is 0.630. The second-order valence-electron chi connectivity index (χ2n) is 7.52. The Balaban J connectivity index is 1.37. The number of amides is 2. The first-order valence-corrected chi connectivity index (χ1v) is 10.3. The Morgan fingerprint density at radius 3 is 1.84 bits per heavy atom. The first-order chi connectivity index (χ1) is 15.1. The number of anilines is 1. The third kappa shape index (κ3) is 3.90. The van der Waals surface area contributed by atoms with Crippen LogP contribution in [0.5, 0.6) is 17.2 Å². The first-order valence-electron chi connectivity index (χ1n) is 10.3. The van der Waals surface area contributed by atoms with Crippen molar-refractivity contribution in [1.82, 2.24) is 9.80 Å². The predicted octanol–water partition coefficient (Wildman–Crippen LogP) is 2.13. The first kappa shape index (κ1) is 21.0. The van der Waals surface area contributed by atoms with Gasteiger partial charge in [0.05, 0.1) is 38.1 Å². The van der Waals surface area contributed by atoms with E-state index in [1.165, 1.54) is 19.1 Å². The van der Waals surface area contributed by atoms with Gasteiger partial charge in [-0.3, -0.25) is 19.4 Å². The lowest BCUT2D eigenvalue weighted by atomic mass is 10.1.